The second kappa shape index (κ2) is 11.4. The number of urea groups is 1. The molecule has 0 aromatic heterocycles. The van der Waals surface area contributed by atoms with Crippen molar-refractivity contribution in [3.63, 3.8) is 0 Å². The molecular weight excluding hydrogens is 465 g/mol. The van der Waals surface area contributed by atoms with E-state index >= 15 is 0 Å². The number of benzene rings is 3. The summed E-state index contributed by atoms with van der Waals surface area (Å²) in [5.74, 6) is 1.33. The van der Waals surface area contributed by atoms with E-state index in [1.165, 1.54) is 18.1 Å². The van der Waals surface area contributed by atoms with Crippen molar-refractivity contribution in [3.8, 4) is 17.2 Å². The maximum Gasteiger partial charge on any atom is 0.322 e. The minimum atomic E-state index is -0.414. The zero-order valence-electron chi connectivity index (χ0n) is 20.4. The van der Waals surface area contributed by atoms with Crippen LogP contribution in [0.3, 0.4) is 0 Å². The van der Waals surface area contributed by atoms with Crippen LogP contribution in [0.5, 0.6) is 17.2 Å². The average Bonchev–Trinajstić information content (AvgIpc) is 3.38. The predicted octanol–water partition coefficient (Wildman–Crippen LogP) is 5.08. The van der Waals surface area contributed by atoms with Crippen molar-refractivity contribution in [2.75, 3.05) is 33.2 Å². The SMILES string of the molecule is COc1ccccc1NC(=O)N(Cc1ccccc1F)CC1CC(c2ccc(OC)c(OC)c2)=NO1. The van der Waals surface area contributed by atoms with Gasteiger partial charge < -0.3 is 29.3 Å². The number of ether oxygens (including phenoxy) is 3. The molecule has 0 spiro atoms. The second-order valence-corrected chi connectivity index (χ2v) is 8.14. The normalized spacial score (nSPS) is 14.4. The number of amides is 2. The Morgan fingerprint density at radius 2 is 1.72 bits per heavy atom. The lowest BCUT2D eigenvalue weighted by Gasteiger charge is -2.26. The van der Waals surface area contributed by atoms with E-state index in [1.54, 1.807) is 56.7 Å². The first-order valence-corrected chi connectivity index (χ1v) is 11.4. The number of nitrogens with one attached hydrogen (secondary N) is 1. The van der Waals surface area contributed by atoms with Crippen molar-refractivity contribution in [1.29, 1.82) is 0 Å². The number of hydrogen-bond acceptors (Lipinski definition) is 6. The predicted molar refractivity (Wildman–Crippen MR) is 134 cm³/mol. The molecule has 0 fully saturated rings. The third-order valence-electron chi connectivity index (χ3n) is 5.83. The third kappa shape index (κ3) is 5.68. The summed E-state index contributed by atoms with van der Waals surface area (Å²) in [6, 6.07) is 18.6. The Balaban J connectivity index is 1.50. The third-order valence-corrected chi connectivity index (χ3v) is 5.83. The van der Waals surface area contributed by atoms with Crippen molar-refractivity contribution in [2.24, 2.45) is 5.16 Å². The zero-order valence-corrected chi connectivity index (χ0v) is 20.4. The molecule has 3 aromatic carbocycles. The number of carbonyl (C=O) groups excluding carboxylic acids is 1. The summed E-state index contributed by atoms with van der Waals surface area (Å²) in [5, 5.41) is 7.10. The lowest BCUT2D eigenvalue weighted by atomic mass is 10.0. The molecule has 36 heavy (non-hydrogen) atoms. The van der Waals surface area contributed by atoms with Crippen molar-refractivity contribution in [1.82, 2.24) is 4.90 Å². The van der Waals surface area contributed by atoms with Crippen molar-refractivity contribution in [3.05, 3.63) is 83.7 Å². The van der Waals surface area contributed by atoms with Gasteiger partial charge in [-0.3, -0.25) is 0 Å². The van der Waals surface area contributed by atoms with Crippen LogP contribution in [0.25, 0.3) is 0 Å². The smallest absolute Gasteiger partial charge is 0.322 e. The highest BCUT2D eigenvalue weighted by molar-refractivity contribution is 6.01. The van der Waals surface area contributed by atoms with E-state index in [9.17, 15) is 9.18 Å². The van der Waals surface area contributed by atoms with Crippen molar-refractivity contribution in [2.45, 2.75) is 19.1 Å². The highest BCUT2D eigenvalue weighted by Crippen LogP contribution is 2.30. The molecule has 0 saturated heterocycles. The van der Waals surface area contributed by atoms with Crippen LogP contribution in [0.2, 0.25) is 0 Å². The number of rotatable bonds is 9. The van der Waals surface area contributed by atoms with Crippen LogP contribution in [0, 0.1) is 5.82 Å². The summed E-state index contributed by atoms with van der Waals surface area (Å²) in [6.07, 6.45) is 0.0499. The Bertz CT molecular complexity index is 1250. The Morgan fingerprint density at radius 3 is 2.47 bits per heavy atom. The number of para-hydroxylation sites is 2. The maximum absolute atomic E-state index is 14.4. The van der Waals surface area contributed by atoms with Crippen molar-refractivity contribution >= 4 is 17.4 Å². The fourth-order valence-corrected chi connectivity index (χ4v) is 3.95. The van der Waals surface area contributed by atoms with Gasteiger partial charge in [-0.15, -0.1) is 0 Å². The first-order valence-electron chi connectivity index (χ1n) is 11.4. The second-order valence-electron chi connectivity index (χ2n) is 8.14. The van der Waals surface area contributed by atoms with E-state index in [0.29, 0.717) is 34.9 Å². The fourth-order valence-electron chi connectivity index (χ4n) is 3.95. The van der Waals surface area contributed by atoms with Gasteiger partial charge >= 0.3 is 6.03 Å². The van der Waals surface area contributed by atoms with Gasteiger partial charge in [0, 0.05) is 17.5 Å². The van der Waals surface area contributed by atoms with E-state index in [-0.39, 0.29) is 18.9 Å². The van der Waals surface area contributed by atoms with Crippen LogP contribution in [0.1, 0.15) is 17.5 Å². The van der Waals surface area contributed by atoms with Crippen LogP contribution in [0.4, 0.5) is 14.9 Å². The minimum absolute atomic E-state index is 0.0548. The summed E-state index contributed by atoms with van der Waals surface area (Å²) in [6.45, 7) is 0.245. The highest BCUT2D eigenvalue weighted by Gasteiger charge is 2.28. The molecular formula is C27H28FN3O5. The molecule has 1 unspecified atom stereocenters. The molecule has 0 radical (unpaired) electrons. The van der Waals surface area contributed by atoms with E-state index in [2.05, 4.69) is 10.5 Å². The van der Waals surface area contributed by atoms with Gasteiger partial charge in [0.2, 0.25) is 0 Å². The van der Waals surface area contributed by atoms with Gasteiger partial charge in [-0.25, -0.2) is 9.18 Å². The molecule has 1 aliphatic rings. The summed E-state index contributed by atoms with van der Waals surface area (Å²) in [4.78, 5) is 20.5. The topological polar surface area (TPSA) is 81.6 Å². The van der Waals surface area contributed by atoms with Gasteiger partial charge in [-0.2, -0.15) is 0 Å². The quantitative estimate of drug-likeness (QED) is 0.450. The fraction of sp³-hybridized carbons (Fsp3) is 0.259. The van der Waals surface area contributed by atoms with Crippen LogP contribution < -0.4 is 19.5 Å². The minimum Gasteiger partial charge on any atom is -0.495 e. The molecule has 0 aliphatic carbocycles. The molecule has 1 atom stereocenters. The molecule has 1 heterocycles. The summed E-state index contributed by atoms with van der Waals surface area (Å²) in [5.41, 5.74) is 2.45. The Labute approximate surface area is 209 Å². The number of nitrogens with zero attached hydrogens (tertiary/aromatic N) is 2. The number of halogens is 1. The summed E-state index contributed by atoms with van der Waals surface area (Å²) < 4.78 is 30.5. The first-order chi connectivity index (χ1) is 17.5. The average molecular weight is 494 g/mol. The van der Waals surface area contributed by atoms with Crippen molar-refractivity contribution < 1.29 is 28.2 Å². The molecule has 0 saturated carbocycles. The van der Waals surface area contributed by atoms with Gasteiger partial charge in [0.15, 0.2) is 17.6 Å². The number of hydrogen-bond donors (Lipinski definition) is 1. The number of carbonyl (C=O) groups is 1. The van der Waals surface area contributed by atoms with E-state index < -0.39 is 12.1 Å². The number of oxime groups is 1. The lowest BCUT2D eigenvalue weighted by Crippen LogP contribution is -2.40. The summed E-state index contributed by atoms with van der Waals surface area (Å²) >= 11 is 0. The molecule has 0 bridgehead atoms. The molecule has 9 heteroatoms. The Morgan fingerprint density at radius 1 is 1.00 bits per heavy atom. The molecule has 1 N–H and O–H groups in total. The standard InChI is InChI=1S/C27H28FN3O5/c1-33-24-11-7-6-10-22(24)29-27(32)31(16-19-8-4-5-9-21(19)28)17-20-15-23(30-36-20)18-12-13-25(34-2)26(14-18)35-3/h4-14,20H,15-17H2,1-3H3,(H,29,32). The van der Waals surface area contributed by atoms with Gasteiger partial charge in [0.05, 0.1) is 45.8 Å². The van der Waals surface area contributed by atoms with Gasteiger partial charge in [0.1, 0.15) is 11.6 Å². The molecule has 2 amide bonds. The maximum atomic E-state index is 14.4. The van der Waals surface area contributed by atoms with E-state index in [4.69, 9.17) is 19.0 Å². The molecule has 4 rings (SSSR count). The monoisotopic (exact) mass is 493 g/mol. The van der Waals surface area contributed by atoms with E-state index in [1.807, 2.05) is 18.2 Å². The molecule has 188 valence electrons. The zero-order chi connectivity index (χ0) is 25.5. The van der Waals surface area contributed by atoms with Gasteiger partial charge in [-0.1, -0.05) is 35.5 Å². The van der Waals surface area contributed by atoms with Crippen LogP contribution >= 0.6 is 0 Å². The van der Waals surface area contributed by atoms with Crippen LogP contribution in [-0.4, -0.2) is 50.6 Å². The lowest BCUT2D eigenvalue weighted by molar-refractivity contribution is 0.0606. The molecule has 8 nitrogen and oxygen atoms in total. The largest absolute Gasteiger partial charge is 0.495 e. The van der Waals surface area contributed by atoms with E-state index in [0.717, 1.165) is 11.3 Å². The van der Waals surface area contributed by atoms with Gasteiger partial charge in [-0.05, 0) is 36.4 Å². The Hall–Kier alpha value is -4.27. The van der Waals surface area contributed by atoms with Crippen LogP contribution in [-0.2, 0) is 11.4 Å². The molecule has 1 aliphatic heterocycles. The van der Waals surface area contributed by atoms with Crippen LogP contribution in [0.15, 0.2) is 71.9 Å². The molecule has 3 aromatic rings. The number of methoxy groups -OCH3 is 3. The highest BCUT2D eigenvalue weighted by atomic mass is 19.1. The van der Waals surface area contributed by atoms with Gasteiger partial charge in [0.25, 0.3) is 0 Å². The Kier molecular flexibility index (Phi) is 7.89. The number of anilines is 1. The first kappa shape index (κ1) is 24.8. The summed E-state index contributed by atoms with van der Waals surface area (Å²) in [7, 11) is 4.67.